The number of nitrogens with zero attached hydrogens (tertiary/aromatic N) is 4. The van der Waals surface area contributed by atoms with Gasteiger partial charge < -0.3 is 14.9 Å². The van der Waals surface area contributed by atoms with Gasteiger partial charge in [0, 0.05) is 32.4 Å². The maximum absolute atomic E-state index is 12.6. The monoisotopic (exact) mass is 302 g/mol. The van der Waals surface area contributed by atoms with Crippen LogP contribution < -0.4 is 0 Å². The van der Waals surface area contributed by atoms with E-state index in [2.05, 4.69) is 9.88 Å². The maximum Gasteiger partial charge on any atom is 0.255 e. The summed E-state index contributed by atoms with van der Waals surface area (Å²) in [5, 5.41) is 18.2. The van der Waals surface area contributed by atoms with Gasteiger partial charge in [0.15, 0.2) is 0 Å². The smallest absolute Gasteiger partial charge is 0.255 e. The molecule has 1 fully saturated rings. The van der Waals surface area contributed by atoms with Crippen molar-refractivity contribution in [1.29, 1.82) is 5.26 Å². The fourth-order valence-corrected chi connectivity index (χ4v) is 3.03. The Morgan fingerprint density at radius 2 is 2.18 bits per heavy atom. The van der Waals surface area contributed by atoms with Crippen molar-refractivity contribution in [2.24, 2.45) is 11.8 Å². The van der Waals surface area contributed by atoms with Gasteiger partial charge in [-0.15, -0.1) is 0 Å². The molecule has 6 heteroatoms. The van der Waals surface area contributed by atoms with Gasteiger partial charge in [0.05, 0.1) is 5.56 Å². The van der Waals surface area contributed by atoms with Crippen LogP contribution in [0.4, 0.5) is 0 Å². The summed E-state index contributed by atoms with van der Waals surface area (Å²) in [6, 6.07) is 5.13. The van der Waals surface area contributed by atoms with E-state index in [1.807, 2.05) is 20.2 Å². The first kappa shape index (κ1) is 16.4. The second kappa shape index (κ2) is 7.34. The molecule has 1 saturated heterocycles. The first-order chi connectivity index (χ1) is 10.5. The summed E-state index contributed by atoms with van der Waals surface area (Å²) in [5.74, 6) is 0.393. The van der Waals surface area contributed by atoms with Crippen LogP contribution in [0.5, 0.6) is 0 Å². The maximum atomic E-state index is 12.6. The molecule has 2 heterocycles. The van der Waals surface area contributed by atoms with Gasteiger partial charge in [-0.25, -0.2) is 4.98 Å². The minimum absolute atomic E-state index is 0.0844. The van der Waals surface area contributed by atoms with Gasteiger partial charge in [0.1, 0.15) is 11.8 Å². The second-order valence-corrected chi connectivity index (χ2v) is 6.17. The average molecular weight is 302 g/mol. The van der Waals surface area contributed by atoms with Gasteiger partial charge in [-0.05, 0) is 44.5 Å². The first-order valence-electron chi connectivity index (χ1n) is 7.44. The van der Waals surface area contributed by atoms with Crippen LogP contribution in [0.3, 0.4) is 0 Å². The van der Waals surface area contributed by atoms with Crippen LogP contribution in [0, 0.1) is 23.2 Å². The van der Waals surface area contributed by atoms with Crippen molar-refractivity contribution < 1.29 is 9.90 Å². The zero-order valence-corrected chi connectivity index (χ0v) is 13.1. The van der Waals surface area contributed by atoms with E-state index in [4.69, 9.17) is 5.26 Å². The normalized spacial score (nSPS) is 21.7. The number of rotatable bonds is 4. The molecule has 2 atom stereocenters. The minimum atomic E-state index is -0.0844. The number of carbonyl (C=O) groups excluding carboxylic acids is 1. The molecule has 118 valence electrons. The molecule has 0 radical (unpaired) electrons. The molecule has 1 aromatic heterocycles. The molecule has 0 aliphatic carbocycles. The molecule has 6 nitrogen and oxygen atoms in total. The summed E-state index contributed by atoms with van der Waals surface area (Å²) in [6.07, 6.45) is 2.38. The van der Waals surface area contributed by atoms with Crippen molar-refractivity contribution in [3.8, 4) is 6.07 Å². The quantitative estimate of drug-likeness (QED) is 0.880. The van der Waals surface area contributed by atoms with Crippen molar-refractivity contribution in [2.75, 3.05) is 40.3 Å². The van der Waals surface area contributed by atoms with E-state index in [9.17, 15) is 9.90 Å². The van der Waals surface area contributed by atoms with E-state index < -0.39 is 0 Å². The number of hydrogen-bond donors (Lipinski definition) is 1. The SMILES string of the molecule is CN(C)C[C@H]1C[C@H](CO)CN(C(=O)c2ccc(C#N)nc2)C1. The minimum Gasteiger partial charge on any atom is -0.396 e. The molecule has 1 N–H and O–H groups in total. The summed E-state index contributed by atoms with van der Waals surface area (Å²) in [5.41, 5.74) is 0.787. The fourth-order valence-electron chi connectivity index (χ4n) is 3.03. The van der Waals surface area contributed by atoms with Crippen LogP contribution in [0.15, 0.2) is 18.3 Å². The highest BCUT2D eigenvalue weighted by molar-refractivity contribution is 5.94. The van der Waals surface area contributed by atoms with Crippen molar-refractivity contribution in [3.05, 3.63) is 29.6 Å². The molecular formula is C16H22N4O2. The number of piperidine rings is 1. The third-order valence-electron chi connectivity index (χ3n) is 3.92. The number of nitriles is 1. The van der Waals surface area contributed by atoms with E-state index in [1.165, 1.54) is 6.20 Å². The van der Waals surface area contributed by atoms with Crippen LogP contribution in [0.2, 0.25) is 0 Å². The van der Waals surface area contributed by atoms with E-state index in [0.29, 0.717) is 30.3 Å². The van der Waals surface area contributed by atoms with Crippen LogP contribution in [0.1, 0.15) is 22.5 Å². The third-order valence-corrected chi connectivity index (χ3v) is 3.92. The lowest BCUT2D eigenvalue weighted by molar-refractivity contribution is 0.0477. The number of aromatic nitrogens is 1. The van der Waals surface area contributed by atoms with Gasteiger partial charge in [-0.3, -0.25) is 4.79 Å². The highest BCUT2D eigenvalue weighted by Crippen LogP contribution is 2.23. The van der Waals surface area contributed by atoms with Gasteiger partial charge in [0.25, 0.3) is 5.91 Å². The topological polar surface area (TPSA) is 80.5 Å². The van der Waals surface area contributed by atoms with Gasteiger partial charge in [-0.1, -0.05) is 0 Å². The van der Waals surface area contributed by atoms with Crippen molar-refractivity contribution in [1.82, 2.24) is 14.8 Å². The summed E-state index contributed by atoms with van der Waals surface area (Å²) >= 11 is 0. The van der Waals surface area contributed by atoms with Crippen molar-refractivity contribution in [3.63, 3.8) is 0 Å². The third kappa shape index (κ3) is 4.03. The summed E-state index contributed by atoms with van der Waals surface area (Å²) < 4.78 is 0. The zero-order valence-electron chi connectivity index (χ0n) is 13.1. The largest absolute Gasteiger partial charge is 0.396 e. The molecular weight excluding hydrogens is 280 g/mol. The molecule has 1 aromatic rings. The van der Waals surface area contributed by atoms with E-state index in [0.717, 1.165) is 13.0 Å². The molecule has 1 aliphatic rings. The predicted octanol–water partition coefficient (Wildman–Crippen LogP) is 0.585. The Balaban J connectivity index is 2.10. The number of hydrogen-bond acceptors (Lipinski definition) is 5. The fraction of sp³-hybridized carbons (Fsp3) is 0.562. The van der Waals surface area contributed by atoms with E-state index in [1.54, 1.807) is 17.0 Å². The number of amides is 1. The van der Waals surface area contributed by atoms with Crippen LogP contribution >= 0.6 is 0 Å². The Morgan fingerprint density at radius 1 is 1.45 bits per heavy atom. The molecule has 2 rings (SSSR count). The molecule has 1 amide bonds. The second-order valence-electron chi connectivity index (χ2n) is 6.17. The number of carbonyl (C=O) groups is 1. The Morgan fingerprint density at radius 3 is 2.73 bits per heavy atom. The van der Waals surface area contributed by atoms with Gasteiger partial charge in [-0.2, -0.15) is 5.26 Å². The highest BCUT2D eigenvalue weighted by Gasteiger charge is 2.30. The molecule has 0 unspecified atom stereocenters. The lowest BCUT2D eigenvalue weighted by Gasteiger charge is -2.38. The molecule has 0 aromatic carbocycles. The van der Waals surface area contributed by atoms with Crippen LogP contribution in [-0.4, -0.2) is 66.1 Å². The number of likely N-dealkylation sites (tertiary alicyclic amines) is 1. The van der Waals surface area contributed by atoms with Gasteiger partial charge >= 0.3 is 0 Å². The summed E-state index contributed by atoms with van der Waals surface area (Å²) in [4.78, 5) is 20.5. The lowest BCUT2D eigenvalue weighted by atomic mass is 9.89. The molecule has 0 bridgehead atoms. The zero-order chi connectivity index (χ0) is 16.1. The summed E-state index contributed by atoms with van der Waals surface area (Å²) in [6.45, 7) is 2.25. The Kier molecular flexibility index (Phi) is 5.47. The molecule has 0 spiro atoms. The summed E-state index contributed by atoms with van der Waals surface area (Å²) in [7, 11) is 4.03. The first-order valence-corrected chi connectivity index (χ1v) is 7.44. The number of pyridine rings is 1. The number of aliphatic hydroxyl groups excluding tert-OH is 1. The van der Waals surface area contributed by atoms with Crippen LogP contribution in [0.25, 0.3) is 0 Å². The Hall–Kier alpha value is -1.97. The average Bonchev–Trinajstić information content (AvgIpc) is 2.53. The molecule has 1 aliphatic heterocycles. The highest BCUT2D eigenvalue weighted by atomic mass is 16.3. The van der Waals surface area contributed by atoms with Gasteiger partial charge in [0.2, 0.25) is 0 Å². The molecule has 0 saturated carbocycles. The van der Waals surface area contributed by atoms with Crippen molar-refractivity contribution >= 4 is 5.91 Å². The van der Waals surface area contributed by atoms with Crippen LogP contribution in [-0.2, 0) is 0 Å². The lowest BCUT2D eigenvalue weighted by Crippen LogP contribution is -2.47. The van der Waals surface area contributed by atoms with Crippen molar-refractivity contribution in [2.45, 2.75) is 6.42 Å². The standard InChI is InChI=1S/C16H22N4O2/c1-19(2)8-12-5-13(11-21)10-20(9-12)16(22)14-3-4-15(6-17)18-7-14/h3-4,7,12-13,21H,5,8-11H2,1-2H3/t12-,13+/m1/s1. The van der Waals surface area contributed by atoms with E-state index >= 15 is 0 Å². The molecule has 22 heavy (non-hydrogen) atoms. The number of aliphatic hydroxyl groups is 1. The Bertz CT molecular complexity index is 550. The Labute approximate surface area is 131 Å². The van der Waals surface area contributed by atoms with E-state index in [-0.39, 0.29) is 18.4 Å². The predicted molar refractivity (Wildman–Crippen MR) is 82.1 cm³/mol.